The number of rotatable bonds is 2. The fourth-order valence-electron chi connectivity index (χ4n) is 2.59. The number of nitrogens with one attached hydrogen (secondary N) is 2. The smallest absolute Gasteiger partial charge is 0.250 e. The van der Waals surface area contributed by atoms with Gasteiger partial charge in [-0.05, 0) is 38.4 Å². The normalized spacial score (nSPS) is 22.4. The number of aromatic amines is 1. The van der Waals surface area contributed by atoms with Gasteiger partial charge in [-0.3, -0.25) is 4.79 Å². The first-order valence-corrected chi connectivity index (χ1v) is 6.14. The zero-order valence-corrected chi connectivity index (χ0v) is 11.5. The molecule has 1 aromatic heterocycles. The molecule has 1 amide bonds. The molecule has 3 rings (SSSR count). The van der Waals surface area contributed by atoms with Gasteiger partial charge in [0.15, 0.2) is 0 Å². The van der Waals surface area contributed by atoms with E-state index < -0.39 is 5.91 Å². The molecule has 102 valence electrons. The molecule has 1 fully saturated rings. The molecule has 1 atom stereocenters. The highest BCUT2D eigenvalue weighted by Gasteiger charge is 2.33. The van der Waals surface area contributed by atoms with Crippen molar-refractivity contribution >= 4 is 29.3 Å². The number of hydrogen-bond donors (Lipinski definition) is 3. The maximum atomic E-state index is 11.4. The second-order valence-electron chi connectivity index (χ2n) is 5.01. The Morgan fingerprint density at radius 2 is 2.26 bits per heavy atom. The van der Waals surface area contributed by atoms with Gasteiger partial charge in [-0.2, -0.15) is 0 Å². The number of carbonyl (C=O) groups excluding carboxylic acids is 1. The Balaban J connectivity index is 0.00000133. The van der Waals surface area contributed by atoms with Crippen LogP contribution in [0.1, 0.15) is 35.9 Å². The molecule has 0 radical (unpaired) electrons. The molecule has 0 unspecified atom stereocenters. The lowest BCUT2D eigenvalue weighted by Crippen LogP contribution is -2.34. The van der Waals surface area contributed by atoms with Crippen LogP contribution in [0.15, 0.2) is 18.2 Å². The minimum Gasteiger partial charge on any atom is -0.366 e. The van der Waals surface area contributed by atoms with Crippen LogP contribution in [0.5, 0.6) is 0 Å². The van der Waals surface area contributed by atoms with Crippen LogP contribution in [0, 0.1) is 0 Å². The van der Waals surface area contributed by atoms with Crippen LogP contribution in [-0.2, 0) is 5.54 Å². The summed E-state index contributed by atoms with van der Waals surface area (Å²) in [5.74, 6) is 0.437. The Morgan fingerprint density at radius 1 is 1.47 bits per heavy atom. The van der Waals surface area contributed by atoms with Gasteiger partial charge in [0.2, 0.25) is 0 Å². The van der Waals surface area contributed by atoms with Crippen molar-refractivity contribution in [1.29, 1.82) is 0 Å². The number of aromatic nitrogens is 2. The van der Waals surface area contributed by atoms with Crippen LogP contribution in [-0.4, -0.2) is 22.4 Å². The molecular weight excluding hydrogens is 264 g/mol. The van der Waals surface area contributed by atoms with Crippen molar-refractivity contribution < 1.29 is 4.79 Å². The van der Waals surface area contributed by atoms with Crippen molar-refractivity contribution in [2.45, 2.75) is 25.3 Å². The van der Waals surface area contributed by atoms with Gasteiger partial charge < -0.3 is 16.0 Å². The number of imidazole rings is 1. The lowest BCUT2D eigenvalue weighted by Gasteiger charge is -2.21. The summed E-state index contributed by atoms with van der Waals surface area (Å²) in [6.45, 7) is 3.12. The second kappa shape index (κ2) is 4.83. The Morgan fingerprint density at radius 3 is 2.89 bits per heavy atom. The van der Waals surface area contributed by atoms with Crippen molar-refractivity contribution in [3.8, 4) is 0 Å². The Labute approximate surface area is 117 Å². The Kier molecular flexibility index (Phi) is 3.52. The van der Waals surface area contributed by atoms with Crippen molar-refractivity contribution in [3.63, 3.8) is 0 Å². The summed E-state index contributed by atoms with van der Waals surface area (Å²) in [6.07, 6.45) is 2.18. The number of halogens is 1. The average Bonchev–Trinajstić information content (AvgIpc) is 2.94. The standard InChI is InChI=1S/C13H16N4O.ClH/c1-13(6-3-7-15-13)12-16-9-5-2-4-8(11(14)18)10(9)17-12;/h2,4-5,15H,3,6-7H2,1H3,(H2,14,18)(H,16,17);1H/t13-;/m1./s1. The van der Waals surface area contributed by atoms with E-state index in [1.807, 2.05) is 12.1 Å². The van der Waals surface area contributed by atoms with Gasteiger partial charge in [-0.25, -0.2) is 4.98 Å². The number of hydrogen-bond acceptors (Lipinski definition) is 3. The van der Waals surface area contributed by atoms with Crippen LogP contribution in [0.25, 0.3) is 11.0 Å². The highest BCUT2D eigenvalue weighted by molar-refractivity contribution is 6.04. The van der Waals surface area contributed by atoms with Crippen molar-refractivity contribution in [1.82, 2.24) is 15.3 Å². The Bertz CT molecular complexity index is 616. The van der Waals surface area contributed by atoms with Crippen LogP contribution in [0.3, 0.4) is 0 Å². The van der Waals surface area contributed by atoms with Crippen molar-refractivity contribution in [2.24, 2.45) is 5.73 Å². The van der Waals surface area contributed by atoms with Gasteiger partial charge in [0.1, 0.15) is 11.3 Å². The molecule has 0 saturated carbocycles. The van der Waals surface area contributed by atoms with Crippen LogP contribution >= 0.6 is 12.4 Å². The lowest BCUT2D eigenvalue weighted by atomic mass is 10.00. The fraction of sp³-hybridized carbons (Fsp3) is 0.385. The number of H-pyrrole nitrogens is 1. The summed E-state index contributed by atoms with van der Waals surface area (Å²) in [7, 11) is 0. The van der Waals surface area contributed by atoms with E-state index in [0.717, 1.165) is 30.7 Å². The first-order chi connectivity index (χ1) is 8.60. The predicted octanol–water partition coefficient (Wildman–Crippen LogP) is 1.68. The number of benzene rings is 1. The zero-order chi connectivity index (χ0) is 12.8. The average molecular weight is 281 g/mol. The van der Waals surface area contributed by atoms with E-state index in [4.69, 9.17) is 5.73 Å². The molecule has 1 aliphatic heterocycles. The number of amides is 1. The molecule has 1 saturated heterocycles. The summed E-state index contributed by atoms with van der Waals surface area (Å²) < 4.78 is 0. The summed E-state index contributed by atoms with van der Waals surface area (Å²) in [5, 5.41) is 3.45. The van der Waals surface area contributed by atoms with E-state index in [2.05, 4.69) is 22.2 Å². The topological polar surface area (TPSA) is 83.8 Å². The van der Waals surface area contributed by atoms with Gasteiger partial charge in [-0.15, -0.1) is 12.4 Å². The molecule has 2 heterocycles. The van der Waals surface area contributed by atoms with E-state index in [-0.39, 0.29) is 17.9 Å². The highest BCUT2D eigenvalue weighted by atomic mass is 35.5. The number of nitrogens with two attached hydrogens (primary N) is 1. The molecule has 0 spiro atoms. The highest BCUT2D eigenvalue weighted by Crippen LogP contribution is 2.30. The molecule has 1 aromatic carbocycles. The van der Waals surface area contributed by atoms with Crippen LogP contribution < -0.4 is 11.1 Å². The number of primary amides is 1. The maximum Gasteiger partial charge on any atom is 0.250 e. The fourth-order valence-corrected chi connectivity index (χ4v) is 2.59. The van der Waals surface area contributed by atoms with Crippen molar-refractivity contribution in [3.05, 3.63) is 29.6 Å². The van der Waals surface area contributed by atoms with E-state index in [1.165, 1.54) is 0 Å². The van der Waals surface area contributed by atoms with Gasteiger partial charge in [-0.1, -0.05) is 6.07 Å². The van der Waals surface area contributed by atoms with E-state index in [0.29, 0.717) is 11.1 Å². The zero-order valence-electron chi connectivity index (χ0n) is 10.7. The summed E-state index contributed by atoms with van der Waals surface area (Å²) in [5.41, 5.74) is 7.22. The summed E-state index contributed by atoms with van der Waals surface area (Å²) >= 11 is 0. The van der Waals surface area contributed by atoms with E-state index in [1.54, 1.807) is 6.07 Å². The minimum absolute atomic E-state index is 0. The molecule has 4 N–H and O–H groups in total. The molecule has 0 aliphatic carbocycles. The molecule has 5 nitrogen and oxygen atoms in total. The molecular formula is C13H17ClN4O. The monoisotopic (exact) mass is 280 g/mol. The van der Waals surface area contributed by atoms with Crippen LogP contribution in [0.4, 0.5) is 0 Å². The predicted molar refractivity (Wildman–Crippen MR) is 76.4 cm³/mol. The second-order valence-corrected chi connectivity index (χ2v) is 5.01. The number of fused-ring (bicyclic) bond motifs is 1. The third-order valence-corrected chi connectivity index (χ3v) is 3.67. The third-order valence-electron chi connectivity index (χ3n) is 3.67. The van der Waals surface area contributed by atoms with Gasteiger partial charge >= 0.3 is 0 Å². The number of nitrogens with zero attached hydrogens (tertiary/aromatic N) is 1. The minimum atomic E-state index is -0.441. The Hall–Kier alpha value is -1.59. The quantitative estimate of drug-likeness (QED) is 0.783. The molecule has 19 heavy (non-hydrogen) atoms. The summed E-state index contributed by atoms with van der Waals surface area (Å²) in [4.78, 5) is 19.2. The van der Waals surface area contributed by atoms with E-state index in [9.17, 15) is 4.79 Å². The van der Waals surface area contributed by atoms with E-state index >= 15 is 0 Å². The third kappa shape index (κ3) is 2.19. The van der Waals surface area contributed by atoms with Gasteiger partial charge in [0, 0.05) is 0 Å². The lowest BCUT2D eigenvalue weighted by molar-refractivity contribution is 0.100. The van der Waals surface area contributed by atoms with Crippen LogP contribution in [0.2, 0.25) is 0 Å². The molecule has 1 aliphatic rings. The maximum absolute atomic E-state index is 11.4. The number of para-hydroxylation sites is 1. The largest absolute Gasteiger partial charge is 0.366 e. The number of carbonyl (C=O) groups is 1. The molecule has 0 bridgehead atoms. The van der Waals surface area contributed by atoms with Gasteiger partial charge in [0.25, 0.3) is 5.91 Å². The SMILES string of the molecule is C[C@]1(c2nc3c(C(N)=O)cccc3[nH]2)CCCN1.Cl. The summed E-state index contributed by atoms with van der Waals surface area (Å²) in [6, 6.07) is 5.44. The van der Waals surface area contributed by atoms with Crippen molar-refractivity contribution in [2.75, 3.05) is 6.54 Å². The molecule has 2 aromatic rings. The first-order valence-electron chi connectivity index (χ1n) is 6.14. The molecule has 6 heteroatoms. The first kappa shape index (κ1) is 13.8. The van der Waals surface area contributed by atoms with Gasteiger partial charge in [0.05, 0.1) is 16.6 Å².